The van der Waals surface area contributed by atoms with E-state index in [0.29, 0.717) is 5.92 Å². The molecule has 1 unspecified atom stereocenters. The van der Waals surface area contributed by atoms with Crippen LogP contribution in [-0.4, -0.2) is 19.6 Å². The second-order valence-corrected chi connectivity index (χ2v) is 3.11. The normalized spacial score (nSPS) is 21.9. The molecule has 1 rings (SSSR count). The van der Waals surface area contributed by atoms with Gasteiger partial charge in [0.1, 0.15) is 0 Å². The molecular weight excluding hydrogens is 152 g/mol. The van der Waals surface area contributed by atoms with Crippen LogP contribution in [-0.2, 0) is 0 Å². The minimum Gasteiger partial charge on any atom is -0.341 e. The fraction of sp³-hybridized carbons (Fsp3) is 0.667. The first-order valence-electron chi connectivity index (χ1n) is 4.43. The lowest BCUT2D eigenvalue weighted by molar-refractivity contribution is 0.240. The van der Waals surface area contributed by atoms with Crippen LogP contribution in [0.15, 0.2) is 12.2 Å². The van der Waals surface area contributed by atoms with E-state index in [2.05, 4.69) is 22.8 Å². The van der Waals surface area contributed by atoms with Gasteiger partial charge in [-0.15, -0.1) is 0 Å². The van der Waals surface area contributed by atoms with E-state index in [4.69, 9.17) is 0 Å². The van der Waals surface area contributed by atoms with Crippen LogP contribution in [0.3, 0.4) is 0 Å². The van der Waals surface area contributed by atoms with Crippen LogP contribution in [0.5, 0.6) is 0 Å². The molecule has 2 N–H and O–H groups in total. The molecule has 3 heteroatoms. The maximum Gasteiger partial charge on any atom is 0.314 e. The summed E-state index contributed by atoms with van der Waals surface area (Å²) in [6, 6.07) is -0.0791. The number of nitrogens with one attached hydrogen (secondary N) is 2. The van der Waals surface area contributed by atoms with E-state index in [-0.39, 0.29) is 6.03 Å². The maximum absolute atomic E-state index is 10.8. The Morgan fingerprint density at radius 3 is 3.00 bits per heavy atom. The molecule has 3 nitrogen and oxygen atoms in total. The molecule has 1 atom stereocenters. The Morgan fingerprint density at radius 1 is 1.58 bits per heavy atom. The van der Waals surface area contributed by atoms with Crippen molar-refractivity contribution in [2.45, 2.75) is 19.3 Å². The van der Waals surface area contributed by atoms with Gasteiger partial charge in [0.15, 0.2) is 0 Å². The molecule has 1 aliphatic carbocycles. The van der Waals surface area contributed by atoms with Gasteiger partial charge in [-0.05, 0) is 25.2 Å². The zero-order valence-electron chi connectivity index (χ0n) is 7.47. The molecule has 0 heterocycles. The highest BCUT2D eigenvalue weighted by molar-refractivity contribution is 5.73. The van der Waals surface area contributed by atoms with Gasteiger partial charge in [-0.2, -0.15) is 0 Å². The molecule has 0 aromatic carbocycles. The number of amides is 2. The molecule has 0 saturated carbocycles. The molecule has 12 heavy (non-hydrogen) atoms. The first-order chi connectivity index (χ1) is 5.83. The van der Waals surface area contributed by atoms with Crippen LogP contribution in [0, 0.1) is 5.92 Å². The quantitative estimate of drug-likeness (QED) is 0.599. The molecule has 68 valence electrons. The second kappa shape index (κ2) is 4.80. The average molecular weight is 168 g/mol. The molecule has 0 aromatic rings. The molecular formula is C9H16N2O. The van der Waals surface area contributed by atoms with Crippen LogP contribution >= 0.6 is 0 Å². The number of carbonyl (C=O) groups excluding carboxylic acids is 1. The number of allylic oxidation sites excluding steroid dienone is 2. The van der Waals surface area contributed by atoms with Crippen LogP contribution < -0.4 is 10.6 Å². The smallest absolute Gasteiger partial charge is 0.314 e. The highest BCUT2D eigenvalue weighted by atomic mass is 16.2. The average Bonchev–Trinajstić information content (AvgIpc) is 2.16. The monoisotopic (exact) mass is 168 g/mol. The number of hydrogen-bond acceptors (Lipinski definition) is 1. The molecule has 0 aliphatic heterocycles. The van der Waals surface area contributed by atoms with E-state index >= 15 is 0 Å². The van der Waals surface area contributed by atoms with Gasteiger partial charge in [0.25, 0.3) is 0 Å². The molecule has 0 radical (unpaired) electrons. The minimum absolute atomic E-state index is 0.0791. The van der Waals surface area contributed by atoms with Crippen LogP contribution in [0.2, 0.25) is 0 Å². The van der Waals surface area contributed by atoms with Crippen LogP contribution in [0.1, 0.15) is 19.3 Å². The summed E-state index contributed by atoms with van der Waals surface area (Å²) in [4.78, 5) is 10.8. The van der Waals surface area contributed by atoms with E-state index in [1.54, 1.807) is 7.05 Å². The predicted octanol–water partition coefficient (Wildman–Crippen LogP) is 1.27. The first kappa shape index (κ1) is 9.10. The summed E-state index contributed by atoms with van der Waals surface area (Å²) >= 11 is 0. The summed E-state index contributed by atoms with van der Waals surface area (Å²) in [7, 11) is 1.64. The fourth-order valence-corrected chi connectivity index (χ4v) is 1.37. The predicted molar refractivity (Wildman–Crippen MR) is 48.9 cm³/mol. The molecule has 0 saturated heterocycles. The molecule has 2 amide bonds. The highest BCUT2D eigenvalue weighted by Crippen LogP contribution is 2.16. The Balaban J connectivity index is 2.14. The van der Waals surface area contributed by atoms with Crippen LogP contribution in [0.25, 0.3) is 0 Å². The number of carbonyl (C=O) groups is 1. The van der Waals surface area contributed by atoms with E-state index in [0.717, 1.165) is 19.4 Å². The van der Waals surface area contributed by atoms with Crippen molar-refractivity contribution >= 4 is 6.03 Å². The van der Waals surface area contributed by atoms with Crippen LogP contribution in [0.4, 0.5) is 4.79 Å². The lowest BCUT2D eigenvalue weighted by Crippen LogP contribution is -2.36. The van der Waals surface area contributed by atoms with Gasteiger partial charge in [0, 0.05) is 13.6 Å². The molecule has 1 aliphatic rings. The SMILES string of the molecule is CNC(=O)NCC1CC=CCC1. The summed E-state index contributed by atoms with van der Waals surface area (Å²) in [5.41, 5.74) is 0. The number of rotatable bonds is 2. The van der Waals surface area contributed by atoms with Crippen molar-refractivity contribution in [3.8, 4) is 0 Å². The third kappa shape index (κ3) is 2.95. The van der Waals surface area contributed by atoms with Crippen molar-refractivity contribution in [1.29, 1.82) is 0 Å². The molecule has 0 aromatic heterocycles. The van der Waals surface area contributed by atoms with E-state index < -0.39 is 0 Å². The Kier molecular flexibility index (Phi) is 3.64. The molecule has 0 bridgehead atoms. The second-order valence-electron chi connectivity index (χ2n) is 3.11. The van der Waals surface area contributed by atoms with Gasteiger partial charge in [-0.3, -0.25) is 0 Å². The van der Waals surface area contributed by atoms with Gasteiger partial charge in [-0.25, -0.2) is 4.79 Å². The van der Waals surface area contributed by atoms with Gasteiger partial charge < -0.3 is 10.6 Å². The largest absolute Gasteiger partial charge is 0.341 e. The number of hydrogen-bond donors (Lipinski definition) is 2. The molecule has 0 spiro atoms. The third-order valence-corrected chi connectivity index (χ3v) is 2.16. The Morgan fingerprint density at radius 2 is 2.42 bits per heavy atom. The standard InChI is InChI=1S/C9H16N2O/c1-10-9(12)11-7-8-5-3-2-4-6-8/h2-3,8H,4-7H2,1H3,(H2,10,11,12). The Labute approximate surface area is 73.2 Å². The summed E-state index contributed by atoms with van der Waals surface area (Å²) in [6.45, 7) is 0.796. The Hall–Kier alpha value is -0.990. The molecule has 0 fully saturated rings. The topological polar surface area (TPSA) is 41.1 Å². The van der Waals surface area contributed by atoms with E-state index in [1.165, 1.54) is 6.42 Å². The van der Waals surface area contributed by atoms with Gasteiger partial charge in [0.05, 0.1) is 0 Å². The lowest BCUT2D eigenvalue weighted by Gasteiger charge is -2.17. The summed E-state index contributed by atoms with van der Waals surface area (Å²) in [6.07, 6.45) is 7.85. The third-order valence-electron chi connectivity index (χ3n) is 2.16. The lowest BCUT2D eigenvalue weighted by atomic mass is 9.94. The van der Waals surface area contributed by atoms with Crippen molar-refractivity contribution < 1.29 is 4.79 Å². The van der Waals surface area contributed by atoms with Crippen molar-refractivity contribution in [3.63, 3.8) is 0 Å². The van der Waals surface area contributed by atoms with Crippen molar-refractivity contribution in [2.24, 2.45) is 5.92 Å². The summed E-state index contributed by atoms with van der Waals surface area (Å²) < 4.78 is 0. The summed E-state index contributed by atoms with van der Waals surface area (Å²) in [5, 5.41) is 5.35. The van der Waals surface area contributed by atoms with E-state index in [9.17, 15) is 4.79 Å². The first-order valence-corrected chi connectivity index (χ1v) is 4.43. The fourth-order valence-electron chi connectivity index (χ4n) is 1.37. The zero-order valence-corrected chi connectivity index (χ0v) is 7.47. The number of urea groups is 1. The van der Waals surface area contributed by atoms with Gasteiger partial charge >= 0.3 is 6.03 Å². The minimum atomic E-state index is -0.0791. The van der Waals surface area contributed by atoms with E-state index in [1.807, 2.05) is 0 Å². The zero-order chi connectivity index (χ0) is 8.81. The van der Waals surface area contributed by atoms with Crippen molar-refractivity contribution in [3.05, 3.63) is 12.2 Å². The van der Waals surface area contributed by atoms with Crippen molar-refractivity contribution in [2.75, 3.05) is 13.6 Å². The van der Waals surface area contributed by atoms with Gasteiger partial charge in [-0.1, -0.05) is 12.2 Å². The Bertz CT molecular complexity index is 177. The van der Waals surface area contributed by atoms with Crippen molar-refractivity contribution in [1.82, 2.24) is 10.6 Å². The summed E-state index contributed by atoms with van der Waals surface area (Å²) in [5.74, 6) is 0.632. The van der Waals surface area contributed by atoms with Gasteiger partial charge in [0.2, 0.25) is 0 Å². The maximum atomic E-state index is 10.8. The highest BCUT2D eigenvalue weighted by Gasteiger charge is 2.09.